The lowest BCUT2D eigenvalue weighted by Crippen LogP contribution is -2.42. The lowest BCUT2D eigenvalue weighted by molar-refractivity contribution is -0.141. The van der Waals surface area contributed by atoms with Gasteiger partial charge in [0.05, 0.1) is 12.5 Å². The van der Waals surface area contributed by atoms with Gasteiger partial charge in [0, 0.05) is 36.4 Å². The number of carboxylic acids is 1. The zero-order valence-corrected chi connectivity index (χ0v) is 13.2. The average molecular weight is 333 g/mol. The Morgan fingerprint density at radius 2 is 1.91 bits per heavy atom. The maximum absolute atomic E-state index is 12.5. The molecule has 1 atom stereocenters. The first-order valence-electron chi connectivity index (χ1n) is 7.48. The van der Waals surface area contributed by atoms with Gasteiger partial charge in [0.2, 0.25) is 5.91 Å². The van der Waals surface area contributed by atoms with Crippen molar-refractivity contribution in [3.8, 4) is 0 Å². The van der Waals surface area contributed by atoms with E-state index in [2.05, 4.69) is 4.57 Å². The number of rotatable bonds is 4. The molecule has 120 valence electrons. The van der Waals surface area contributed by atoms with Crippen LogP contribution in [-0.4, -0.2) is 33.0 Å². The highest BCUT2D eigenvalue weighted by atomic mass is 35.5. The molecular weight excluding hydrogens is 316 g/mol. The fourth-order valence-electron chi connectivity index (χ4n) is 3.03. The molecule has 1 N–H and O–H groups in total. The zero-order valence-electron chi connectivity index (χ0n) is 12.5. The second kappa shape index (κ2) is 6.46. The SMILES string of the molecule is O=C(O)CCC(=O)N1CCn2cccc2[C@H]1c1ccccc1Cl. The first-order chi connectivity index (χ1) is 11.1. The van der Waals surface area contributed by atoms with Crippen molar-refractivity contribution in [3.63, 3.8) is 0 Å². The van der Waals surface area contributed by atoms with Gasteiger partial charge in [-0.1, -0.05) is 29.8 Å². The molecule has 1 aromatic carbocycles. The number of carbonyl (C=O) groups excluding carboxylic acids is 1. The number of hydrogen-bond acceptors (Lipinski definition) is 2. The number of aromatic nitrogens is 1. The molecule has 6 heteroatoms. The fraction of sp³-hybridized carbons (Fsp3) is 0.294. The van der Waals surface area contributed by atoms with Gasteiger partial charge in [-0.25, -0.2) is 0 Å². The van der Waals surface area contributed by atoms with E-state index in [9.17, 15) is 9.59 Å². The maximum atomic E-state index is 12.5. The summed E-state index contributed by atoms with van der Waals surface area (Å²) in [5.74, 6) is -1.13. The van der Waals surface area contributed by atoms with Gasteiger partial charge in [-0.2, -0.15) is 0 Å². The van der Waals surface area contributed by atoms with Crippen molar-refractivity contribution in [3.05, 3.63) is 58.9 Å². The predicted octanol–water partition coefficient (Wildman–Crippen LogP) is 2.94. The first kappa shape index (κ1) is 15.6. The van der Waals surface area contributed by atoms with Gasteiger partial charge in [-0.05, 0) is 23.8 Å². The molecule has 1 aromatic heterocycles. The zero-order chi connectivity index (χ0) is 16.4. The number of fused-ring (bicyclic) bond motifs is 1. The van der Waals surface area contributed by atoms with Crippen molar-refractivity contribution in [1.29, 1.82) is 0 Å². The second-order valence-electron chi connectivity index (χ2n) is 5.53. The number of amides is 1. The van der Waals surface area contributed by atoms with Crippen LogP contribution in [0.3, 0.4) is 0 Å². The van der Waals surface area contributed by atoms with Crippen molar-refractivity contribution in [2.45, 2.75) is 25.4 Å². The minimum atomic E-state index is -0.965. The standard InChI is InChI=1S/C17H17ClN2O3/c18-13-5-2-1-4-12(13)17-14-6-3-9-19(14)10-11-20(17)15(21)7-8-16(22)23/h1-6,9,17H,7-8,10-11H2,(H,22,23)/t17-/m1/s1. The Balaban J connectivity index is 1.97. The molecule has 0 fully saturated rings. The summed E-state index contributed by atoms with van der Waals surface area (Å²) in [4.78, 5) is 25.0. The molecule has 1 aliphatic rings. The number of carbonyl (C=O) groups is 2. The van der Waals surface area contributed by atoms with E-state index in [0.717, 1.165) is 11.3 Å². The molecule has 2 aromatic rings. The Kier molecular flexibility index (Phi) is 4.39. The van der Waals surface area contributed by atoms with E-state index in [1.165, 1.54) is 0 Å². The number of aliphatic carboxylic acids is 1. The topological polar surface area (TPSA) is 62.5 Å². The van der Waals surface area contributed by atoms with Gasteiger partial charge >= 0.3 is 5.97 Å². The molecule has 0 radical (unpaired) electrons. The molecule has 2 heterocycles. The van der Waals surface area contributed by atoms with E-state index in [0.29, 0.717) is 18.1 Å². The summed E-state index contributed by atoms with van der Waals surface area (Å²) < 4.78 is 2.11. The minimum Gasteiger partial charge on any atom is -0.481 e. The summed E-state index contributed by atoms with van der Waals surface area (Å²) in [5, 5.41) is 9.42. The molecule has 5 nitrogen and oxygen atoms in total. The van der Waals surface area contributed by atoms with E-state index in [-0.39, 0.29) is 24.8 Å². The number of hydrogen-bond donors (Lipinski definition) is 1. The minimum absolute atomic E-state index is 0.00298. The Bertz CT molecular complexity index is 741. The van der Waals surface area contributed by atoms with Gasteiger partial charge in [-0.15, -0.1) is 0 Å². The lowest BCUT2D eigenvalue weighted by Gasteiger charge is -2.37. The van der Waals surface area contributed by atoms with Crippen LogP contribution in [0.5, 0.6) is 0 Å². The highest BCUT2D eigenvalue weighted by Gasteiger charge is 2.33. The Morgan fingerprint density at radius 1 is 1.13 bits per heavy atom. The van der Waals surface area contributed by atoms with Crippen LogP contribution in [0.4, 0.5) is 0 Å². The van der Waals surface area contributed by atoms with E-state index < -0.39 is 5.97 Å². The monoisotopic (exact) mass is 332 g/mol. The predicted molar refractivity (Wildman–Crippen MR) is 86.3 cm³/mol. The largest absolute Gasteiger partial charge is 0.481 e. The summed E-state index contributed by atoms with van der Waals surface area (Å²) in [6.45, 7) is 1.23. The highest BCUT2D eigenvalue weighted by Crippen LogP contribution is 2.36. The van der Waals surface area contributed by atoms with Crippen LogP contribution in [0.1, 0.15) is 30.1 Å². The summed E-state index contributed by atoms with van der Waals surface area (Å²) >= 11 is 6.35. The van der Waals surface area contributed by atoms with E-state index in [1.54, 1.807) is 11.0 Å². The van der Waals surface area contributed by atoms with Gasteiger partial charge in [-0.3, -0.25) is 9.59 Å². The van der Waals surface area contributed by atoms with Gasteiger partial charge in [0.15, 0.2) is 0 Å². The van der Waals surface area contributed by atoms with Gasteiger partial charge in [0.25, 0.3) is 0 Å². The molecule has 23 heavy (non-hydrogen) atoms. The Labute approximate surface area is 139 Å². The summed E-state index contributed by atoms with van der Waals surface area (Å²) in [7, 11) is 0. The molecule has 3 rings (SSSR count). The molecule has 0 aliphatic carbocycles. The third kappa shape index (κ3) is 3.10. The average Bonchev–Trinajstić information content (AvgIpc) is 3.01. The first-order valence-corrected chi connectivity index (χ1v) is 7.86. The molecule has 1 amide bonds. The van der Waals surface area contributed by atoms with Crippen molar-refractivity contribution >= 4 is 23.5 Å². The molecule has 0 saturated carbocycles. The molecular formula is C17H17ClN2O3. The van der Waals surface area contributed by atoms with E-state index >= 15 is 0 Å². The third-order valence-electron chi connectivity index (χ3n) is 4.11. The van der Waals surface area contributed by atoms with Crippen molar-refractivity contribution in [2.75, 3.05) is 6.54 Å². The molecule has 1 aliphatic heterocycles. The normalized spacial score (nSPS) is 16.9. The third-order valence-corrected chi connectivity index (χ3v) is 4.46. The molecule has 0 saturated heterocycles. The van der Waals surface area contributed by atoms with Crippen LogP contribution in [-0.2, 0) is 16.1 Å². The molecule has 0 unspecified atom stereocenters. The van der Waals surface area contributed by atoms with E-state index in [1.807, 2.05) is 36.5 Å². The second-order valence-corrected chi connectivity index (χ2v) is 5.94. The number of nitrogens with zero attached hydrogens (tertiary/aromatic N) is 2. The van der Waals surface area contributed by atoms with Crippen LogP contribution in [0.15, 0.2) is 42.6 Å². The number of halogens is 1. The van der Waals surface area contributed by atoms with Crippen molar-refractivity contribution in [1.82, 2.24) is 9.47 Å². The quantitative estimate of drug-likeness (QED) is 0.936. The summed E-state index contributed by atoms with van der Waals surface area (Å²) in [6.07, 6.45) is 1.82. The number of benzene rings is 1. The number of carboxylic acid groups (broad SMARTS) is 1. The fourth-order valence-corrected chi connectivity index (χ4v) is 3.27. The molecule has 0 bridgehead atoms. The van der Waals surface area contributed by atoms with Crippen molar-refractivity contribution in [2.24, 2.45) is 0 Å². The summed E-state index contributed by atoms with van der Waals surface area (Å²) in [6, 6.07) is 11.1. The van der Waals surface area contributed by atoms with Crippen LogP contribution in [0, 0.1) is 0 Å². The Morgan fingerprint density at radius 3 is 2.65 bits per heavy atom. The van der Waals surface area contributed by atoms with Crippen LogP contribution >= 0.6 is 11.6 Å². The smallest absolute Gasteiger partial charge is 0.303 e. The van der Waals surface area contributed by atoms with Crippen LogP contribution < -0.4 is 0 Å². The Hall–Kier alpha value is -2.27. The lowest BCUT2D eigenvalue weighted by atomic mass is 9.99. The summed E-state index contributed by atoms with van der Waals surface area (Å²) in [5.41, 5.74) is 1.85. The van der Waals surface area contributed by atoms with Gasteiger partial charge < -0.3 is 14.6 Å². The van der Waals surface area contributed by atoms with Gasteiger partial charge in [0.1, 0.15) is 0 Å². The van der Waals surface area contributed by atoms with Crippen LogP contribution in [0.25, 0.3) is 0 Å². The van der Waals surface area contributed by atoms with Crippen LogP contribution in [0.2, 0.25) is 5.02 Å². The van der Waals surface area contributed by atoms with Crippen molar-refractivity contribution < 1.29 is 14.7 Å². The maximum Gasteiger partial charge on any atom is 0.303 e. The highest BCUT2D eigenvalue weighted by molar-refractivity contribution is 6.31. The molecule has 0 spiro atoms. The van der Waals surface area contributed by atoms with E-state index in [4.69, 9.17) is 16.7 Å².